The molecule has 0 aromatic heterocycles. The second-order valence-corrected chi connectivity index (χ2v) is 8.31. The molecule has 1 saturated carbocycles. The average Bonchev–Trinajstić information content (AvgIpc) is 3.58. The van der Waals surface area contributed by atoms with Gasteiger partial charge in [0.2, 0.25) is 0 Å². The van der Waals surface area contributed by atoms with Gasteiger partial charge in [0.15, 0.2) is 0 Å². The number of alkyl halides is 2. The second kappa shape index (κ2) is 9.17. The summed E-state index contributed by atoms with van der Waals surface area (Å²) in [5.74, 6) is -7.49. The van der Waals surface area contributed by atoms with Crippen LogP contribution in [0.1, 0.15) is 36.3 Å². The molecule has 4 rings (SSSR count). The lowest BCUT2D eigenvalue weighted by atomic mass is 9.98. The predicted molar refractivity (Wildman–Crippen MR) is 115 cm³/mol. The number of nitrogens with one attached hydrogen (secondary N) is 2. The van der Waals surface area contributed by atoms with Crippen molar-refractivity contribution < 1.29 is 33.0 Å². The van der Waals surface area contributed by atoms with Crippen LogP contribution in [-0.2, 0) is 14.3 Å². The molecule has 0 bridgehead atoms. The lowest BCUT2D eigenvalue weighted by Crippen LogP contribution is -2.57. The normalized spacial score (nSPS) is 15.8. The average molecular weight is 458 g/mol. The van der Waals surface area contributed by atoms with Crippen LogP contribution in [-0.4, -0.2) is 48.2 Å². The van der Waals surface area contributed by atoms with E-state index in [4.69, 9.17) is 9.84 Å². The molecule has 0 aliphatic heterocycles. The van der Waals surface area contributed by atoms with E-state index >= 15 is 0 Å². The molecule has 3 N–H and O–H groups in total. The van der Waals surface area contributed by atoms with Crippen molar-refractivity contribution >= 4 is 18.0 Å². The van der Waals surface area contributed by atoms with E-state index in [1.165, 1.54) is 0 Å². The Morgan fingerprint density at radius 3 is 2.15 bits per heavy atom. The Bertz CT molecular complexity index is 1020. The first-order valence-electron chi connectivity index (χ1n) is 10.8. The SMILES string of the molecule is O=C(O)CCNC(=O)C(F)(F)C(NC(=O)OCC1c2ccccc2-c2ccccc21)C1CC1. The number of carbonyl (C=O) groups is 3. The number of ether oxygens (including phenoxy) is 1. The Hall–Kier alpha value is -3.49. The summed E-state index contributed by atoms with van der Waals surface area (Å²) in [5.41, 5.74) is 4.08. The molecule has 9 heteroatoms. The van der Waals surface area contributed by atoms with Crippen molar-refractivity contribution in [2.45, 2.75) is 37.1 Å². The van der Waals surface area contributed by atoms with Crippen molar-refractivity contribution in [3.8, 4) is 11.1 Å². The molecule has 0 saturated heterocycles. The minimum atomic E-state index is -3.90. The second-order valence-electron chi connectivity index (χ2n) is 8.31. The van der Waals surface area contributed by atoms with Gasteiger partial charge in [-0.1, -0.05) is 48.5 Å². The lowest BCUT2D eigenvalue weighted by molar-refractivity contribution is -0.151. The number of amides is 2. The molecule has 0 spiro atoms. The third-order valence-corrected chi connectivity index (χ3v) is 6.03. The van der Waals surface area contributed by atoms with Gasteiger partial charge in [0.25, 0.3) is 5.91 Å². The molecule has 33 heavy (non-hydrogen) atoms. The van der Waals surface area contributed by atoms with Crippen LogP contribution >= 0.6 is 0 Å². The van der Waals surface area contributed by atoms with Crippen molar-refractivity contribution in [3.63, 3.8) is 0 Å². The number of rotatable bonds is 9. The summed E-state index contributed by atoms with van der Waals surface area (Å²) in [4.78, 5) is 35.0. The third-order valence-electron chi connectivity index (χ3n) is 6.03. The van der Waals surface area contributed by atoms with E-state index in [2.05, 4.69) is 5.32 Å². The van der Waals surface area contributed by atoms with E-state index in [0.29, 0.717) is 12.8 Å². The monoisotopic (exact) mass is 458 g/mol. The maximum absolute atomic E-state index is 14.8. The summed E-state index contributed by atoms with van der Waals surface area (Å²) >= 11 is 0. The van der Waals surface area contributed by atoms with Gasteiger partial charge in [0.1, 0.15) is 12.6 Å². The van der Waals surface area contributed by atoms with Gasteiger partial charge in [-0.05, 0) is 41.0 Å². The van der Waals surface area contributed by atoms with Gasteiger partial charge in [-0.15, -0.1) is 0 Å². The number of aliphatic carboxylic acids is 1. The number of carboxylic acids is 1. The highest BCUT2D eigenvalue weighted by Crippen LogP contribution is 2.44. The number of fused-ring (bicyclic) bond motifs is 3. The third kappa shape index (κ3) is 4.81. The fourth-order valence-corrected chi connectivity index (χ4v) is 4.24. The van der Waals surface area contributed by atoms with E-state index in [1.54, 1.807) is 0 Å². The van der Waals surface area contributed by atoms with Crippen LogP contribution in [0, 0.1) is 5.92 Å². The molecule has 7 nitrogen and oxygen atoms in total. The van der Waals surface area contributed by atoms with Crippen LogP contribution in [0.4, 0.5) is 13.6 Å². The molecule has 1 fully saturated rings. The molecule has 174 valence electrons. The summed E-state index contributed by atoms with van der Waals surface area (Å²) in [6.45, 7) is -0.459. The highest BCUT2D eigenvalue weighted by molar-refractivity contribution is 5.85. The number of alkyl carbamates (subject to hydrolysis) is 1. The zero-order valence-corrected chi connectivity index (χ0v) is 17.7. The standard InChI is InChI=1S/C24H24F2N2O5/c25-24(26,22(31)27-12-11-20(29)30)21(14-9-10-14)28-23(32)33-13-19-17-7-3-1-5-15(17)16-6-2-4-8-18(16)19/h1-8,14,19,21H,9-13H2,(H,27,31)(H,28,32)(H,29,30). The summed E-state index contributed by atoms with van der Waals surface area (Å²) in [7, 11) is 0. The van der Waals surface area contributed by atoms with Crippen LogP contribution in [0.3, 0.4) is 0 Å². The van der Waals surface area contributed by atoms with Crippen LogP contribution in [0.15, 0.2) is 48.5 Å². The number of benzene rings is 2. The van der Waals surface area contributed by atoms with E-state index in [-0.39, 0.29) is 12.5 Å². The Labute approximate surface area is 189 Å². The van der Waals surface area contributed by atoms with Crippen molar-refractivity contribution in [2.24, 2.45) is 5.92 Å². The molecule has 2 aliphatic carbocycles. The van der Waals surface area contributed by atoms with Gasteiger partial charge in [-0.25, -0.2) is 4.79 Å². The molecule has 1 unspecified atom stereocenters. The molecule has 0 radical (unpaired) electrons. The summed E-state index contributed by atoms with van der Waals surface area (Å²) in [6.07, 6.45) is -0.597. The van der Waals surface area contributed by atoms with E-state index < -0.39 is 48.8 Å². The Morgan fingerprint density at radius 1 is 1.03 bits per heavy atom. The van der Waals surface area contributed by atoms with E-state index in [0.717, 1.165) is 22.3 Å². The number of hydrogen-bond acceptors (Lipinski definition) is 4. The Balaban J connectivity index is 1.40. The van der Waals surface area contributed by atoms with E-state index in [9.17, 15) is 23.2 Å². The van der Waals surface area contributed by atoms with Crippen LogP contribution < -0.4 is 10.6 Å². The zero-order valence-electron chi connectivity index (χ0n) is 17.7. The molecule has 0 heterocycles. The molecular formula is C24H24F2N2O5. The van der Waals surface area contributed by atoms with Gasteiger partial charge in [-0.2, -0.15) is 8.78 Å². The largest absolute Gasteiger partial charge is 0.481 e. The first kappa shape index (κ1) is 22.7. The van der Waals surface area contributed by atoms with Gasteiger partial charge >= 0.3 is 18.0 Å². The first-order chi connectivity index (χ1) is 15.8. The van der Waals surface area contributed by atoms with E-state index in [1.807, 2.05) is 53.8 Å². The Kier molecular flexibility index (Phi) is 6.31. The molecule has 2 aliphatic rings. The van der Waals surface area contributed by atoms with Crippen molar-refractivity contribution in [1.29, 1.82) is 0 Å². The molecule has 2 aromatic rings. The van der Waals surface area contributed by atoms with Gasteiger partial charge < -0.3 is 20.5 Å². The van der Waals surface area contributed by atoms with Gasteiger partial charge in [0.05, 0.1) is 6.42 Å². The van der Waals surface area contributed by atoms with Crippen LogP contribution in [0.2, 0.25) is 0 Å². The van der Waals surface area contributed by atoms with Crippen LogP contribution in [0.25, 0.3) is 11.1 Å². The van der Waals surface area contributed by atoms with Crippen molar-refractivity contribution in [3.05, 3.63) is 59.7 Å². The topological polar surface area (TPSA) is 105 Å². The molecule has 2 amide bonds. The predicted octanol–water partition coefficient (Wildman–Crippen LogP) is 3.53. The van der Waals surface area contributed by atoms with Crippen molar-refractivity contribution in [1.82, 2.24) is 10.6 Å². The lowest BCUT2D eigenvalue weighted by Gasteiger charge is -2.26. The quantitative estimate of drug-likeness (QED) is 0.533. The van der Waals surface area contributed by atoms with Gasteiger partial charge in [-0.3, -0.25) is 9.59 Å². The maximum Gasteiger partial charge on any atom is 0.407 e. The first-order valence-corrected chi connectivity index (χ1v) is 10.8. The Morgan fingerprint density at radius 2 is 1.61 bits per heavy atom. The number of halogens is 2. The maximum atomic E-state index is 14.8. The zero-order chi connectivity index (χ0) is 23.6. The smallest absolute Gasteiger partial charge is 0.407 e. The summed E-state index contributed by atoms with van der Waals surface area (Å²) in [6, 6.07) is 13.8. The number of carboxylic acid groups (broad SMARTS) is 1. The van der Waals surface area contributed by atoms with Crippen molar-refractivity contribution in [2.75, 3.05) is 13.2 Å². The number of hydrogen-bond donors (Lipinski definition) is 3. The minimum Gasteiger partial charge on any atom is -0.481 e. The highest BCUT2D eigenvalue weighted by Gasteiger charge is 2.54. The molecular weight excluding hydrogens is 434 g/mol. The molecule has 1 atom stereocenters. The summed E-state index contributed by atoms with van der Waals surface area (Å²) < 4.78 is 34.9. The van der Waals surface area contributed by atoms with Gasteiger partial charge in [0, 0.05) is 12.5 Å². The number of carbonyl (C=O) groups excluding carboxylic acids is 2. The fourth-order valence-electron chi connectivity index (χ4n) is 4.24. The minimum absolute atomic E-state index is 0.0341. The summed E-state index contributed by atoms with van der Waals surface area (Å²) in [5, 5.41) is 12.7. The fraction of sp³-hybridized carbons (Fsp3) is 0.375. The van der Waals surface area contributed by atoms with Crippen LogP contribution in [0.5, 0.6) is 0 Å². The molecule has 2 aromatic carbocycles. The highest BCUT2D eigenvalue weighted by atomic mass is 19.3.